The molecule has 11 nitrogen and oxygen atoms in total. The Bertz CT molecular complexity index is 1500. The monoisotopic (exact) mass is 493 g/mol. The summed E-state index contributed by atoms with van der Waals surface area (Å²) in [7, 11) is 0. The molecule has 1 N–H and O–H groups in total. The highest BCUT2D eigenvalue weighted by Gasteiger charge is 2.28. The first kappa shape index (κ1) is 22.7. The van der Waals surface area contributed by atoms with Crippen molar-refractivity contribution in [3.8, 4) is 0 Å². The number of nitro groups is 1. The molecule has 0 saturated carbocycles. The molecule has 12 heteroatoms. The van der Waals surface area contributed by atoms with Gasteiger partial charge in [0.25, 0.3) is 17.2 Å². The topological polar surface area (TPSA) is 140 Å². The van der Waals surface area contributed by atoms with Crippen molar-refractivity contribution in [1.82, 2.24) is 29.9 Å². The van der Waals surface area contributed by atoms with Crippen molar-refractivity contribution in [3.05, 3.63) is 91.0 Å². The second-order valence-electron chi connectivity index (χ2n) is 8.36. The molecular weight excluding hydrogens is 474 g/mol. The van der Waals surface area contributed by atoms with Crippen molar-refractivity contribution >= 4 is 34.4 Å². The van der Waals surface area contributed by atoms with Gasteiger partial charge in [-0.1, -0.05) is 41.1 Å². The number of carbonyl (C=O) groups is 1. The van der Waals surface area contributed by atoms with E-state index < -0.39 is 10.5 Å². The minimum absolute atomic E-state index is 0.126. The number of non-ortho nitro benzene ring substituents is 1. The molecule has 2 aromatic heterocycles. The first-order chi connectivity index (χ1) is 16.9. The minimum Gasteiger partial charge on any atom is -0.338 e. The van der Waals surface area contributed by atoms with Crippen LogP contribution in [-0.4, -0.2) is 53.8 Å². The van der Waals surface area contributed by atoms with Crippen molar-refractivity contribution < 1.29 is 9.72 Å². The number of aromatic nitrogens is 5. The fraction of sp³-hybridized carbons (Fsp3) is 0.261. The van der Waals surface area contributed by atoms with Crippen molar-refractivity contribution in [3.63, 3.8) is 0 Å². The number of benzene rings is 2. The van der Waals surface area contributed by atoms with E-state index in [1.807, 2.05) is 18.2 Å². The number of piperidine rings is 1. The van der Waals surface area contributed by atoms with Crippen LogP contribution in [0.15, 0.2) is 53.3 Å². The van der Waals surface area contributed by atoms with E-state index in [0.29, 0.717) is 42.5 Å². The summed E-state index contributed by atoms with van der Waals surface area (Å²) in [5.74, 6) is -0.0684. The van der Waals surface area contributed by atoms with Gasteiger partial charge < -0.3 is 9.88 Å². The Labute approximate surface area is 203 Å². The van der Waals surface area contributed by atoms with Crippen molar-refractivity contribution in [2.24, 2.45) is 0 Å². The predicted octanol–water partition coefficient (Wildman–Crippen LogP) is 3.14. The molecule has 178 valence electrons. The largest absolute Gasteiger partial charge is 0.338 e. The molecule has 1 amide bonds. The summed E-state index contributed by atoms with van der Waals surface area (Å²) in [4.78, 5) is 45.4. The molecule has 2 aromatic carbocycles. The molecule has 1 aliphatic rings. The van der Waals surface area contributed by atoms with Crippen LogP contribution in [0.1, 0.15) is 40.5 Å². The summed E-state index contributed by atoms with van der Waals surface area (Å²) in [6.45, 7) is 1.13. The van der Waals surface area contributed by atoms with Gasteiger partial charge in [-0.2, -0.15) is 0 Å². The minimum atomic E-state index is -0.528. The van der Waals surface area contributed by atoms with Gasteiger partial charge in [-0.15, -0.1) is 5.10 Å². The highest BCUT2D eigenvalue weighted by molar-refractivity contribution is 6.31. The fourth-order valence-electron chi connectivity index (χ4n) is 4.29. The molecule has 1 unspecified atom stereocenters. The maximum Gasteiger partial charge on any atom is 0.281 e. The van der Waals surface area contributed by atoms with Crippen molar-refractivity contribution in [2.75, 3.05) is 13.1 Å². The summed E-state index contributed by atoms with van der Waals surface area (Å²) in [5.41, 5.74) is 0.986. The van der Waals surface area contributed by atoms with Crippen LogP contribution < -0.4 is 5.56 Å². The number of fused-ring (bicyclic) bond motifs is 1. The third-order valence-corrected chi connectivity index (χ3v) is 6.44. The van der Waals surface area contributed by atoms with E-state index >= 15 is 0 Å². The Kier molecular flexibility index (Phi) is 6.00. The van der Waals surface area contributed by atoms with Gasteiger partial charge in [0.05, 0.1) is 11.5 Å². The first-order valence-corrected chi connectivity index (χ1v) is 11.4. The van der Waals surface area contributed by atoms with Crippen LogP contribution in [0.3, 0.4) is 0 Å². The van der Waals surface area contributed by atoms with E-state index in [2.05, 4.69) is 20.3 Å². The second kappa shape index (κ2) is 9.26. The molecule has 0 spiro atoms. The predicted molar refractivity (Wildman–Crippen MR) is 127 cm³/mol. The van der Waals surface area contributed by atoms with Gasteiger partial charge in [0.2, 0.25) is 0 Å². The zero-order valence-corrected chi connectivity index (χ0v) is 19.2. The van der Waals surface area contributed by atoms with Crippen LogP contribution in [-0.2, 0) is 6.54 Å². The number of halogens is 1. The summed E-state index contributed by atoms with van der Waals surface area (Å²) in [6, 6.07) is 13.0. The number of rotatable bonds is 5. The smallest absolute Gasteiger partial charge is 0.281 e. The number of hydrogen-bond donors (Lipinski definition) is 1. The summed E-state index contributed by atoms with van der Waals surface area (Å²) >= 11 is 6.28. The number of amides is 1. The fourth-order valence-corrected chi connectivity index (χ4v) is 4.49. The van der Waals surface area contributed by atoms with E-state index in [9.17, 15) is 19.7 Å². The van der Waals surface area contributed by atoms with Crippen LogP contribution in [0.2, 0.25) is 5.02 Å². The number of carbonyl (C=O) groups excluding carboxylic acids is 1. The molecule has 0 bridgehead atoms. The molecule has 4 aromatic rings. The summed E-state index contributed by atoms with van der Waals surface area (Å²) in [6.07, 6.45) is 1.42. The van der Waals surface area contributed by atoms with Crippen molar-refractivity contribution in [1.29, 1.82) is 0 Å². The summed E-state index contributed by atoms with van der Waals surface area (Å²) < 4.78 is 1.53. The van der Waals surface area contributed by atoms with Gasteiger partial charge in [-0.25, -0.2) is 9.67 Å². The van der Waals surface area contributed by atoms with E-state index in [1.165, 1.54) is 22.9 Å². The van der Waals surface area contributed by atoms with Gasteiger partial charge in [0.1, 0.15) is 5.82 Å². The molecule has 0 aliphatic carbocycles. The molecular formula is C23H20ClN7O4. The molecule has 1 fully saturated rings. The number of nitrogens with zero attached hydrogens (tertiary/aromatic N) is 6. The lowest BCUT2D eigenvalue weighted by molar-refractivity contribution is -0.384. The Morgan fingerprint density at radius 2 is 2.06 bits per heavy atom. The Hall–Kier alpha value is -4.12. The van der Waals surface area contributed by atoms with E-state index in [0.717, 1.165) is 12.0 Å². The Morgan fingerprint density at radius 3 is 2.86 bits per heavy atom. The number of nitrogens with one attached hydrogen (secondary N) is 1. The summed E-state index contributed by atoms with van der Waals surface area (Å²) in [5, 5.41) is 19.7. The molecule has 1 aliphatic heterocycles. The van der Waals surface area contributed by atoms with E-state index in [4.69, 9.17) is 11.6 Å². The first-order valence-electron chi connectivity index (χ1n) is 11.0. The lowest BCUT2D eigenvalue weighted by Gasteiger charge is -2.32. The molecule has 3 heterocycles. The number of aromatic amines is 1. The third kappa shape index (κ3) is 4.50. The van der Waals surface area contributed by atoms with Crippen LogP contribution in [0, 0.1) is 10.1 Å². The lowest BCUT2D eigenvalue weighted by Crippen LogP contribution is -2.40. The quantitative estimate of drug-likeness (QED) is 0.332. The van der Waals surface area contributed by atoms with Gasteiger partial charge in [0, 0.05) is 41.7 Å². The van der Waals surface area contributed by atoms with Crippen molar-refractivity contribution in [2.45, 2.75) is 25.3 Å². The third-order valence-electron chi connectivity index (χ3n) is 6.07. The maximum atomic E-state index is 13.1. The SMILES string of the molecule is O=C(c1cccc([N+](=O)[O-])c1)N1CCCC(c2nc3c(nnn3Cc3ccccc3Cl)c(=O)[nH]2)C1. The van der Waals surface area contributed by atoms with Gasteiger partial charge in [-0.3, -0.25) is 19.7 Å². The number of hydrogen-bond acceptors (Lipinski definition) is 7. The molecule has 0 radical (unpaired) electrons. The van der Waals surface area contributed by atoms with Gasteiger partial charge in [0.15, 0.2) is 11.2 Å². The number of likely N-dealkylation sites (tertiary alicyclic amines) is 1. The molecule has 35 heavy (non-hydrogen) atoms. The van der Waals surface area contributed by atoms with Crippen LogP contribution in [0.4, 0.5) is 5.69 Å². The normalized spacial score (nSPS) is 15.9. The Morgan fingerprint density at radius 1 is 1.23 bits per heavy atom. The van der Waals surface area contributed by atoms with Gasteiger partial charge >= 0.3 is 0 Å². The molecule has 1 atom stereocenters. The zero-order chi connectivity index (χ0) is 24.5. The lowest BCUT2D eigenvalue weighted by atomic mass is 9.96. The highest BCUT2D eigenvalue weighted by atomic mass is 35.5. The number of H-pyrrole nitrogens is 1. The number of nitro benzene ring substituents is 1. The average molecular weight is 494 g/mol. The zero-order valence-electron chi connectivity index (χ0n) is 18.4. The van der Waals surface area contributed by atoms with Crippen LogP contribution in [0.5, 0.6) is 0 Å². The standard InChI is InChI=1S/C23H20ClN7O4/c24-18-9-2-1-5-15(18)13-30-21-19(27-28-30)22(32)26-20(25-21)16-7-4-10-29(12-16)23(33)14-6-3-8-17(11-14)31(34)35/h1-3,5-6,8-9,11,16H,4,7,10,12-13H2,(H,25,26,32). The molecule has 1 saturated heterocycles. The average Bonchev–Trinajstić information content (AvgIpc) is 3.28. The Balaban J connectivity index is 1.42. The van der Waals surface area contributed by atoms with Crippen LogP contribution >= 0.6 is 11.6 Å². The maximum absolute atomic E-state index is 13.1. The van der Waals surface area contributed by atoms with Gasteiger partial charge in [-0.05, 0) is 30.5 Å². The highest BCUT2D eigenvalue weighted by Crippen LogP contribution is 2.27. The van der Waals surface area contributed by atoms with E-state index in [-0.39, 0.29) is 28.6 Å². The van der Waals surface area contributed by atoms with E-state index in [1.54, 1.807) is 17.0 Å². The molecule has 5 rings (SSSR count). The van der Waals surface area contributed by atoms with Crippen LogP contribution in [0.25, 0.3) is 11.2 Å². The second-order valence-corrected chi connectivity index (χ2v) is 8.77.